The molecule has 0 spiro atoms. The van der Waals surface area contributed by atoms with E-state index >= 15 is 0 Å². The van der Waals surface area contributed by atoms with Gasteiger partial charge in [0, 0.05) is 36.0 Å². The number of nitrogens with one attached hydrogen (secondary N) is 1. The van der Waals surface area contributed by atoms with E-state index in [9.17, 15) is 39.9 Å². The number of Topliss-reactive ketones (excluding diaryl/α,β-unsaturated/α-hetero) is 1. The maximum absolute atomic E-state index is 13.7. The van der Waals surface area contributed by atoms with Gasteiger partial charge in [-0.15, -0.1) is 12.4 Å². The van der Waals surface area contributed by atoms with E-state index in [2.05, 4.69) is 5.48 Å². The molecule has 44 heavy (non-hydrogen) atoms. The summed E-state index contributed by atoms with van der Waals surface area (Å²) in [7, 11) is 1.31. The molecular formula is C29H34ClNO13. The molecule has 1 fully saturated rings. The van der Waals surface area contributed by atoms with Crippen molar-refractivity contribution in [2.24, 2.45) is 0 Å². The van der Waals surface area contributed by atoms with Crippen LogP contribution in [-0.2, 0) is 25.5 Å². The van der Waals surface area contributed by atoms with Crippen LogP contribution in [0.4, 0.5) is 0 Å². The molecule has 1 aliphatic heterocycles. The zero-order chi connectivity index (χ0) is 31.2. The summed E-state index contributed by atoms with van der Waals surface area (Å²) < 4.78 is 17.2. The van der Waals surface area contributed by atoms with Crippen molar-refractivity contribution < 1.29 is 64.1 Å². The van der Waals surface area contributed by atoms with Gasteiger partial charge in [-0.25, -0.2) is 0 Å². The summed E-state index contributed by atoms with van der Waals surface area (Å²) in [5.74, 6) is -3.90. The summed E-state index contributed by atoms with van der Waals surface area (Å²) in [6, 6.07) is 3.60. The first-order chi connectivity index (χ1) is 20.5. The van der Waals surface area contributed by atoms with Gasteiger partial charge in [-0.1, -0.05) is 12.1 Å². The van der Waals surface area contributed by atoms with Crippen LogP contribution in [0.1, 0.15) is 68.8 Å². The van der Waals surface area contributed by atoms with Gasteiger partial charge < -0.3 is 44.8 Å². The van der Waals surface area contributed by atoms with Crippen LogP contribution in [0.2, 0.25) is 0 Å². The van der Waals surface area contributed by atoms with E-state index in [1.807, 2.05) is 0 Å². The number of carbonyl (C=O) groups is 3. The molecule has 1 heterocycles. The van der Waals surface area contributed by atoms with E-state index in [-0.39, 0.29) is 60.0 Å². The summed E-state index contributed by atoms with van der Waals surface area (Å²) in [5, 5.41) is 63.5. The number of aliphatic hydroxyl groups excluding tert-OH is 3. The summed E-state index contributed by atoms with van der Waals surface area (Å²) in [6.07, 6.45) is -5.52. The minimum Gasteiger partial charge on any atom is -0.507 e. The Morgan fingerprint density at radius 2 is 1.82 bits per heavy atom. The average molecular weight is 640 g/mol. The third-order valence-electron chi connectivity index (χ3n) is 8.19. The fraction of sp³-hybridized carbons (Fsp3) is 0.483. The van der Waals surface area contributed by atoms with E-state index in [4.69, 9.17) is 24.2 Å². The Kier molecular flexibility index (Phi) is 9.99. The summed E-state index contributed by atoms with van der Waals surface area (Å²) in [5.41, 5.74) is -1.17. The van der Waals surface area contributed by atoms with Crippen LogP contribution in [0.15, 0.2) is 18.2 Å². The van der Waals surface area contributed by atoms with Gasteiger partial charge in [-0.3, -0.25) is 19.2 Å². The molecular weight excluding hydrogens is 606 g/mol. The van der Waals surface area contributed by atoms with Crippen LogP contribution in [-0.4, -0.2) is 105 Å². The summed E-state index contributed by atoms with van der Waals surface area (Å²) >= 11 is 0. The van der Waals surface area contributed by atoms with Crippen molar-refractivity contribution in [2.75, 3.05) is 26.9 Å². The molecule has 0 aromatic heterocycles. The Bertz CT molecular complexity index is 1470. The number of benzene rings is 2. The van der Waals surface area contributed by atoms with Gasteiger partial charge >= 0.3 is 0 Å². The number of ketones is 3. The van der Waals surface area contributed by atoms with Gasteiger partial charge in [0.25, 0.3) is 0 Å². The van der Waals surface area contributed by atoms with E-state index in [0.29, 0.717) is 0 Å². The van der Waals surface area contributed by atoms with Crippen LogP contribution in [0.5, 0.6) is 17.2 Å². The third-order valence-corrected chi connectivity index (χ3v) is 8.19. The second-order valence-electron chi connectivity index (χ2n) is 10.8. The van der Waals surface area contributed by atoms with Crippen molar-refractivity contribution >= 4 is 29.8 Å². The number of methoxy groups -OCH3 is 1. The van der Waals surface area contributed by atoms with Crippen LogP contribution in [0.3, 0.4) is 0 Å². The minimum atomic E-state index is -2.28. The molecule has 6 atom stereocenters. The fourth-order valence-electron chi connectivity index (χ4n) is 6.04. The molecule has 7 N–H and O–H groups in total. The van der Waals surface area contributed by atoms with E-state index in [1.54, 1.807) is 6.92 Å². The smallest absolute Gasteiger partial charge is 0.202 e. The lowest BCUT2D eigenvalue weighted by Crippen LogP contribution is -2.54. The van der Waals surface area contributed by atoms with Crippen LogP contribution in [0, 0.1) is 0 Å². The Morgan fingerprint density at radius 3 is 2.48 bits per heavy atom. The first kappa shape index (κ1) is 33.7. The lowest BCUT2D eigenvalue weighted by molar-refractivity contribution is -0.257. The Morgan fingerprint density at radius 1 is 1.11 bits per heavy atom. The predicted octanol–water partition coefficient (Wildman–Crippen LogP) is -0.0221. The van der Waals surface area contributed by atoms with Gasteiger partial charge in [0.05, 0.1) is 61.4 Å². The number of aromatic hydroxyl groups is 2. The van der Waals surface area contributed by atoms with Gasteiger partial charge in [-0.2, -0.15) is 5.48 Å². The number of hydrogen-bond donors (Lipinski definition) is 7. The molecule has 1 saturated heterocycles. The number of rotatable bonds is 9. The first-order valence-corrected chi connectivity index (χ1v) is 13.7. The number of ether oxygens (including phenoxy) is 3. The quantitative estimate of drug-likeness (QED) is 0.0929. The van der Waals surface area contributed by atoms with E-state index in [0.717, 1.165) is 0 Å². The van der Waals surface area contributed by atoms with Gasteiger partial charge in [-0.05, 0) is 13.0 Å². The summed E-state index contributed by atoms with van der Waals surface area (Å²) in [4.78, 5) is 45.2. The van der Waals surface area contributed by atoms with Gasteiger partial charge in [0.2, 0.25) is 5.78 Å². The number of fused-ring (bicyclic) bond motifs is 3. The van der Waals surface area contributed by atoms with E-state index in [1.165, 1.54) is 25.3 Å². The number of phenols is 2. The monoisotopic (exact) mass is 639 g/mol. The molecule has 2 aromatic carbocycles. The molecule has 240 valence electrons. The topological polar surface area (TPSA) is 222 Å². The zero-order valence-electron chi connectivity index (χ0n) is 23.8. The van der Waals surface area contributed by atoms with Crippen LogP contribution >= 0.6 is 12.4 Å². The maximum Gasteiger partial charge on any atom is 0.202 e. The molecule has 4 unspecified atom stereocenters. The van der Waals surface area contributed by atoms with Crippen molar-refractivity contribution in [3.05, 3.63) is 51.6 Å². The molecule has 15 heteroatoms. The molecule has 0 amide bonds. The molecule has 3 aliphatic rings. The van der Waals surface area contributed by atoms with Crippen molar-refractivity contribution in [3.8, 4) is 17.2 Å². The average Bonchev–Trinajstić information content (AvgIpc) is 2.98. The van der Waals surface area contributed by atoms with Crippen molar-refractivity contribution in [3.63, 3.8) is 0 Å². The Balaban J connectivity index is 0.00000442. The molecule has 14 nitrogen and oxygen atoms in total. The number of aliphatic hydroxyl groups is 4. The number of halogens is 1. The molecule has 0 bridgehead atoms. The first-order valence-electron chi connectivity index (χ1n) is 13.7. The maximum atomic E-state index is 13.7. The number of phenolic OH excluding ortho intramolecular Hbond substituents is 2. The zero-order valence-corrected chi connectivity index (χ0v) is 24.6. The number of hydrogen-bond acceptors (Lipinski definition) is 14. The molecule has 2 aromatic rings. The van der Waals surface area contributed by atoms with Gasteiger partial charge in [0.1, 0.15) is 29.5 Å². The highest BCUT2D eigenvalue weighted by molar-refractivity contribution is 6.31. The Hall–Kier alpha value is -3.18. The molecule has 0 radical (unpaired) electrons. The SMILES string of the molecule is COc1cccc2c1C(=O)c1c(O)c3c(c(O)c1C2=O)C[C@@](O)(C(=O)CO)C[C@@H]3OC1CC(NOCCO)C(O)C(C)O1.Cl. The van der Waals surface area contributed by atoms with E-state index < -0.39 is 95.7 Å². The minimum absolute atomic E-state index is 0. The second kappa shape index (κ2) is 13.0. The number of hydroxylamine groups is 1. The normalized spacial score (nSPS) is 27.5. The van der Waals surface area contributed by atoms with Crippen molar-refractivity contribution in [1.29, 1.82) is 0 Å². The molecule has 0 saturated carbocycles. The standard InChI is InChI=1S/C29H33NO13.ClH/c1-12-24(34)15(30-41-7-6-31)8-19(42-12)43-17-10-29(39,18(33)11-32)9-14-21(17)28(38)23-22(26(14)36)25(35)13-4-3-5-16(40-2)20(13)27(23)37;/h3-5,12,15,17,19,24,30-32,34,36,38-39H,6-11H2,1-2H3;1H/t12?,15?,17-,19?,24?,29-;/m0./s1. The highest BCUT2D eigenvalue weighted by Gasteiger charge is 2.50. The second-order valence-corrected chi connectivity index (χ2v) is 10.8. The lowest BCUT2D eigenvalue weighted by atomic mass is 9.72. The Labute approximate surface area is 257 Å². The fourth-order valence-corrected chi connectivity index (χ4v) is 6.04. The van der Waals surface area contributed by atoms with Crippen molar-refractivity contribution in [1.82, 2.24) is 5.48 Å². The predicted molar refractivity (Wildman–Crippen MR) is 151 cm³/mol. The highest BCUT2D eigenvalue weighted by Crippen LogP contribution is 2.52. The highest BCUT2D eigenvalue weighted by atomic mass is 35.5. The largest absolute Gasteiger partial charge is 0.507 e. The lowest BCUT2D eigenvalue weighted by Gasteiger charge is -2.42. The van der Waals surface area contributed by atoms with Crippen LogP contribution < -0.4 is 10.2 Å². The number of carbonyl (C=O) groups excluding carboxylic acids is 3. The van der Waals surface area contributed by atoms with Crippen molar-refractivity contribution in [2.45, 2.75) is 62.4 Å². The molecule has 2 aliphatic carbocycles. The summed E-state index contributed by atoms with van der Waals surface area (Å²) in [6.45, 7) is 0.187. The third kappa shape index (κ3) is 5.57. The van der Waals surface area contributed by atoms with Crippen LogP contribution in [0.25, 0.3) is 0 Å². The van der Waals surface area contributed by atoms with Gasteiger partial charge in [0.15, 0.2) is 17.9 Å². The molecule has 5 rings (SSSR count).